The SMILES string of the molecule is CCC(C)(CCO)NCC(O)c1ccco1. The van der Waals surface area contributed by atoms with Gasteiger partial charge in [0.1, 0.15) is 11.9 Å². The van der Waals surface area contributed by atoms with Gasteiger partial charge in [-0.25, -0.2) is 0 Å². The van der Waals surface area contributed by atoms with E-state index in [-0.39, 0.29) is 12.1 Å². The van der Waals surface area contributed by atoms with Crippen LogP contribution in [0.2, 0.25) is 0 Å². The van der Waals surface area contributed by atoms with Gasteiger partial charge in [0.05, 0.1) is 6.26 Å². The van der Waals surface area contributed by atoms with Gasteiger partial charge < -0.3 is 19.9 Å². The highest BCUT2D eigenvalue weighted by atomic mass is 16.4. The minimum atomic E-state index is -0.639. The lowest BCUT2D eigenvalue weighted by Gasteiger charge is -2.30. The topological polar surface area (TPSA) is 65.6 Å². The molecule has 0 amide bonds. The number of hydrogen-bond donors (Lipinski definition) is 3. The number of hydrogen-bond acceptors (Lipinski definition) is 4. The fourth-order valence-corrected chi connectivity index (χ4v) is 1.56. The van der Waals surface area contributed by atoms with Gasteiger partial charge in [-0.15, -0.1) is 0 Å². The number of rotatable bonds is 7. The third-order valence-electron chi connectivity index (χ3n) is 3.04. The predicted molar refractivity (Wildman–Crippen MR) is 62.1 cm³/mol. The summed E-state index contributed by atoms with van der Waals surface area (Å²) in [5.41, 5.74) is -0.137. The summed E-state index contributed by atoms with van der Waals surface area (Å²) < 4.78 is 5.11. The van der Waals surface area contributed by atoms with Crippen molar-refractivity contribution >= 4 is 0 Å². The normalized spacial score (nSPS) is 17.0. The summed E-state index contributed by atoms with van der Waals surface area (Å²) in [6.07, 6.45) is 2.48. The highest BCUT2D eigenvalue weighted by Gasteiger charge is 2.22. The molecule has 3 N–H and O–H groups in total. The van der Waals surface area contributed by atoms with Crippen LogP contribution < -0.4 is 5.32 Å². The van der Waals surface area contributed by atoms with Crippen molar-refractivity contribution in [3.63, 3.8) is 0 Å². The third-order valence-corrected chi connectivity index (χ3v) is 3.04. The molecule has 0 saturated carbocycles. The summed E-state index contributed by atoms with van der Waals surface area (Å²) in [4.78, 5) is 0. The molecule has 0 bridgehead atoms. The first-order chi connectivity index (χ1) is 7.61. The van der Waals surface area contributed by atoms with Crippen molar-refractivity contribution in [2.45, 2.75) is 38.3 Å². The minimum absolute atomic E-state index is 0.137. The van der Waals surface area contributed by atoms with Crippen LogP contribution in [0.15, 0.2) is 22.8 Å². The summed E-state index contributed by atoms with van der Waals surface area (Å²) in [5.74, 6) is 0.565. The molecule has 0 aliphatic rings. The number of furan rings is 1. The number of aliphatic hydroxyl groups is 2. The molecule has 0 aliphatic carbocycles. The molecule has 0 aromatic carbocycles. The first kappa shape index (κ1) is 13.2. The minimum Gasteiger partial charge on any atom is -0.467 e. The van der Waals surface area contributed by atoms with Crippen LogP contribution in [0.5, 0.6) is 0 Å². The Balaban J connectivity index is 2.43. The fourth-order valence-electron chi connectivity index (χ4n) is 1.56. The van der Waals surface area contributed by atoms with Gasteiger partial charge in [-0.05, 0) is 31.9 Å². The van der Waals surface area contributed by atoms with Gasteiger partial charge in [0.2, 0.25) is 0 Å². The molecule has 16 heavy (non-hydrogen) atoms. The number of nitrogens with one attached hydrogen (secondary N) is 1. The van der Waals surface area contributed by atoms with E-state index in [1.54, 1.807) is 18.4 Å². The van der Waals surface area contributed by atoms with Crippen LogP contribution in [-0.2, 0) is 0 Å². The van der Waals surface area contributed by atoms with Gasteiger partial charge in [0.15, 0.2) is 0 Å². The fraction of sp³-hybridized carbons (Fsp3) is 0.667. The molecule has 0 aliphatic heterocycles. The Kier molecular flexibility index (Phi) is 4.99. The first-order valence-electron chi connectivity index (χ1n) is 5.68. The second kappa shape index (κ2) is 6.03. The van der Waals surface area contributed by atoms with E-state index in [1.807, 2.05) is 6.92 Å². The number of β-amino-alcohol motifs (C(OH)–C–C–N with tert-alkyl or cyclic N) is 1. The molecule has 1 rings (SSSR count). The van der Waals surface area contributed by atoms with Gasteiger partial charge in [0, 0.05) is 18.7 Å². The van der Waals surface area contributed by atoms with E-state index in [9.17, 15) is 5.11 Å². The van der Waals surface area contributed by atoms with Gasteiger partial charge in [-0.2, -0.15) is 0 Å². The van der Waals surface area contributed by atoms with Crippen molar-refractivity contribution in [1.29, 1.82) is 0 Å². The van der Waals surface area contributed by atoms with Crippen LogP contribution in [0.25, 0.3) is 0 Å². The Morgan fingerprint density at radius 1 is 1.56 bits per heavy atom. The highest BCUT2D eigenvalue weighted by Crippen LogP contribution is 2.17. The molecular weight excluding hydrogens is 206 g/mol. The molecule has 92 valence electrons. The summed E-state index contributed by atoms with van der Waals surface area (Å²) in [7, 11) is 0. The standard InChI is InChI=1S/C12H21NO3/c1-3-12(2,6-7-14)13-9-10(15)11-5-4-8-16-11/h4-5,8,10,13-15H,3,6-7,9H2,1-2H3. The molecule has 1 heterocycles. The summed E-state index contributed by atoms with van der Waals surface area (Å²) in [6, 6.07) is 3.51. The van der Waals surface area contributed by atoms with Gasteiger partial charge in [-0.1, -0.05) is 6.92 Å². The molecule has 0 fully saturated rings. The molecular formula is C12H21NO3. The second-order valence-electron chi connectivity index (χ2n) is 4.30. The van der Waals surface area contributed by atoms with Gasteiger partial charge in [-0.3, -0.25) is 0 Å². The van der Waals surface area contributed by atoms with Crippen molar-refractivity contribution in [3.8, 4) is 0 Å². The molecule has 2 unspecified atom stereocenters. The van der Waals surface area contributed by atoms with Crippen molar-refractivity contribution in [3.05, 3.63) is 24.2 Å². The Morgan fingerprint density at radius 3 is 2.81 bits per heavy atom. The lowest BCUT2D eigenvalue weighted by atomic mass is 9.94. The van der Waals surface area contributed by atoms with Crippen LogP contribution in [-0.4, -0.2) is 28.9 Å². The molecule has 0 radical (unpaired) electrons. The first-order valence-corrected chi connectivity index (χ1v) is 5.68. The molecule has 0 spiro atoms. The molecule has 2 atom stereocenters. The van der Waals surface area contributed by atoms with Crippen molar-refractivity contribution in [2.24, 2.45) is 0 Å². The zero-order chi connectivity index (χ0) is 12.0. The second-order valence-corrected chi connectivity index (χ2v) is 4.30. The van der Waals surface area contributed by atoms with E-state index >= 15 is 0 Å². The number of aliphatic hydroxyl groups excluding tert-OH is 2. The summed E-state index contributed by atoms with van der Waals surface area (Å²) in [5, 5.41) is 22.0. The summed E-state index contributed by atoms with van der Waals surface area (Å²) in [6.45, 7) is 4.67. The van der Waals surface area contributed by atoms with Gasteiger partial charge in [0.25, 0.3) is 0 Å². The van der Waals surface area contributed by atoms with Crippen molar-refractivity contribution in [2.75, 3.05) is 13.2 Å². The van der Waals surface area contributed by atoms with E-state index < -0.39 is 6.10 Å². The zero-order valence-electron chi connectivity index (χ0n) is 9.94. The van der Waals surface area contributed by atoms with Crippen molar-refractivity contribution in [1.82, 2.24) is 5.32 Å². The average molecular weight is 227 g/mol. The lowest BCUT2D eigenvalue weighted by molar-refractivity contribution is 0.125. The Labute approximate surface area is 96.3 Å². The van der Waals surface area contributed by atoms with Crippen LogP contribution in [0.4, 0.5) is 0 Å². The quantitative estimate of drug-likeness (QED) is 0.659. The molecule has 4 heteroatoms. The van der Waals surface area contributed by atoms with Crippen LogP contribution in [0, 0.1) is 0 Å². The maximum absolute atomic E-state index is 9.82. The molecule has 1 aromatic rings. The zero-order valence-corrected chi connectivity index (χ0v) is 9.94. The summed E-state index contributed by atoms with van der Waals surface area (Å²) >= 11 is 0. The van der Waals surface area contributed by atoms with E-state index in [2.05, 4.69) is 12.2 Å². The third kappa shape index (κ3) is 3.63. The van der Waals surface area contributed by atoms with E-state index in [0.29, 0.717) is 18.7 Å². The Morgan fingerprint density at radius 2 is 2.31 bits per heavy atom. The molecule has 4 nitrogen and oxygen atoms in total. The smallest absolute Gasteiger partial charge is 0.133 e. The van der Waals surface area contributed by atoms with Crippen LogP contribution >= 0.6 is 0 Å². The molecule has 1 aromatic heterocycles. The van der Waals surface area contributed by atoms with Gasteiger partial charge >= 0.3 is 0 Å². The Hall–Kier alpha value is -0.840. The van der Waals surface area contributed by atoms with E-state index in [0.717, 1.165) is 6.42 Å². The maximum Gasteiger partial charge on any atom is 0.133 e. The van der Waals surface area contributed by atoms with E-state index in [4.69, 9.17) is 9.52 Å². The highest BCUT2D eigenvalue weighted by molar-refractivity contribution is 5.02. The van der Waals surface area contributed by atoms with Crippen LogP contribution in [0.1, 0.15) is 38.6 Å². The van der Waals surface area contributed by atoms with E-state index in [1.165, 1.54) is 0 Å². The van der Waals surface area contributed by atoms with Crippen molar-refractivity contribution < 1.29 is 14.6 Å². The largest absolute Gasteiger partial charge is 0.467 e. The monoisotopic (exact) mass is 227 g/mol. The Bertz CT molecular complexity index is 286. The van der Waals surface area contributed by atoms with Crippen LogP contribution in [0.3, 0.4) is 0 Å². The maximum atomic E-state index is 9.82. The average Bonchev–Trinajstić information content (AvgIpc) is 2.80. The lowest BCUT2D eigenvalue weighted by Crippen LogP contribution is -2.44. The predicted octanol–water partition coefficient (Wildman–Crippen LogP) is 1.45. The molecule has 0 saturated heterocycles.